The number of rotatable bonds is 4. The third-order valence-corrected chi connectivity index (χ3v) is 5.08. The Morgan fingerprint density at radius 3 is 2.42 bits per heavy atom. The summed E-state index contributed by atoms with van der Waals surface area (Å²) in [5, 5.41) is 3.17. The number of benzene rings is 1. The van der Waals surface area contributed by atoms with Gasteiger partial charge in [-0.05, 0) is 25.0 Å². The highest BCUT2D eigenvalue weighted by molar-refractivity contribution is 5.78. The summed E-state index contributed by atoms with van der Waals surface area (Å²) >= 11 is 0. The lowest BCUT2D eigenvalue weighted by molar-refractivity contribution is -0.122. The highest BCUT2D eigenvalue weighted by Crippen LogP contribution is 2.17. The first-order valence-corrected chi connectivity index (χ1v) is 9.10. The van der Waals surface area contributed by atoms with Gasteiger partial charge in [0.15, 0.2) is 0 Å². The van der Waals surface area contributed by atoms with E-state index in [-0.39, 0.29) is 11.6 Å². The lowest BCUT2D eigenvalue weighted by Crippen LogP contribution is -2.36. The van der Waals surface area contributed by atoms with Crippen LogP contribution in [0.15, 0.2) is 29.1 Å². The summed E-state index contributed by atoms with van der Waals surface area (Å²) in [6.07, 6.45) is 8.80. The lowest BCUT2D eigenvalue weighted by atomic mass is 9.96. The molecule has 2 aromatic rings. The number of nitrogens with one attached hydrogen (secondary N) is 1. The van der Waals surface area contributed by atoms with Gasteiger partial charge in [0.2, 0.25) is 5.91 Å². The molecule has 1 aromatic heterocycles. The van der Waals surface area contributed by atoms with Gasteiger partial charge in [0.1, 0.15) is 0 Å². The van der Waals surface area contributed by atoms with Gasteiger partial charge in [0.05, 0.1) is 11.0 Å². The molecule has 0 spiro atoms. The number of aryl methyl sites for hydroxylation is 2. The van der Waals surface area contributed by atoms with Gasteiger partial charge in [-0.1, -0.05) is 44.2 Å². The summed E-state index contributed by atoms with van der Waals surface area (Å²) in [5.41, 5.74) is 1.74. The quantitative estimate of drug-likeness (QED) is 0.937. The van der Waals surface area contributed by atoms with Crippen LogP contribution >= 0.6 is 0 Å². The number of hydrogen-bond donors (Lipinski definition) is 1. The van der Waals surface area contributed by atoms with Crippen LogP contribution in [-0.4, -0.2) is 21.1 Å². The molecule has 1 saturated carbocycles. The van der Waals surface area contributed by atoms with Gasteiger partial charge in [0.25, 0.3) is 0 Å². The molecule has 1 aliphatic rings. The molecule has 0 atom stereocenters. The van der Waals surface area contributed by atoms with Crippen molar-refractivity contribution >= 4 is 16.9 Å². The van der Waals surface area contributed by atoms with E-state index >= 15 is 0 Å². The number of imidazole rings is 1. The molecule has 0 saturated heterocycles. The molecule has 1 heterocycles. The summed E-state index contributed by atoms with van der Waals surface area (Å²) in [7, 11) is 1.77. The predicted molar refractivity (Wildman–Crippen MR) is 96.0 cm³/mol. The van der Waals surface area contributed by atoms with E-state index in [0.29, 0.717) is 19.0 Å². The molecule has 1 aliphatic carbocycles. The number of amides is 1. The minimum Gasteiger partial charge on any atom is -0.353 e. The molecule has 0 aliphatic heterocycles. The first kappa shape index (κ1) is 16.8. The van der Waals surface area contributed by atoms with Crippen LogP contribution < -0.4 is 11.0 Å². The van der Waals surface area contributed by atoms with Crippen molar-refractivity contribution in [2.75, 3.05) is 0 Å². The molecule has 0 bridgehead atoms. The van der Waals surface area contributed by atoms with E-state index in [1.807, 2.05) is 24.3 Å². The summed E-state index contributed by atoms with van der Waals surface area (Å²) < 4.78 is 3.34. The Bertz CT molecular complexity index is 752. The molecule has 1 N–H and O–H groups in total. The number of hydrogen-bond acceptors (Lipinski definition) is 2. The van der Waals surface area contributed by atoms with E-state index in [4.69, 9.17) is 0 Å². The maximum atomic E-state index is 12.4. The molecule has 0 radical (unpaired) electrons. The van der Waals surface area contributed by atoms with E-state index in [0.717, 1.165) is 23.9 Å². The summed E-state index contributed by atoms with van der Waals surface area (Å²) in [4.78, 5) is 24.7. The van der Waals surface area contributed by atoms with Crippen molar-refractivity contribution in [3.05, 3.63) is 34.7 Å². The average molecular weight is 329 g/mol. The predicted octanol–water partition coefficient (Wildman–Crippen LogP) is 2.96. The summed E-state index contributed by atoms with van der Waals surface area (Å²) in [5.74, 6) is 0.0559. The number of fused-ring (bicyclic) bond motifs is 1. The standard InChI is InChI=1S/C19H27N3O2/c1-21-16-11-7-8-12-17(16)22(19(21)24)14-13-18(23)20-15-9-5-3-2-4-6-10-15/h7-8,11-12,15H,2-6,9-10,13-14H2,1H3,(H,20,23). The number of aromatic nitrogens is 2. The molecule has 5 nitrogen and oxygen atoms in total. The molecule has 1 amide bonds. The Kier molecular flexibility index (Phi) is 5.38. The third kappa shape index (κ3) is 3.71. The Balaban J connectivity index is 1.62. The average Bonchev–Trinajstić information content (AvgIpc) is 2.80. The number of nitrogens with zero attached hydrogens (tertiary/aromatic N) is 2. The largest absolute Gasteiger partial charge is 0.353 e. The van der Waals surface area contributed by atoms with Crippen molar-refractivity contribution in [2.24, 2.45) is 7.05 Å². The zero-order chi connectivity index (χ0) is 16.9. The lowest BCUT2D eigenvalue weighted by Gasteiger charge is -2.21. The Hall–Kier alpha value is -2.04. The summed E-state index contributed by atoms with van der Waals surface area (Å²) in [6.45, 7) is 0.429. The first-order valence-electron chi connectivity index (χ1n) is 9.10. The fourth-order valence-electron chi connectivity index (χ4n) is 3.69. The first-order chi connectivity index (χ1) is 11.7. The van der Waals surface area contributed by atoms with Crippen LogP contribution in [0.4, 0.5) is 0 Å². The Labute approximate surface area is 142 Å². The zero-order valence-electron chi connectivity index (χ0n) is 14.5. The minimum atomic E-state index is -0.0602. The van der Waals surface area contributed by atoms with Gasteiger partial charge in [0, 0.05) is 26.1 Å². The van der Waals surface area contributed by atoms with Gasteiger partial charge in [-0.15, -0.1) is 0 Å². The highest BCUT2D eigenvalue weighted by Gasteiger charge is 2.15. The molecular formula is C19H27N3O2. The van der Waals surface area contributed by atoms with Crippen LogP contribution in [0.3, 0.4) is 0 Å². The van der Waals surface area contributed by atoms with E-state index in [9.17, 15) is 9.59 Å². The van der Waals surface area contributed by atoms with Crippen LogP contribution in [0, 0.1) is 0 Å². The fraction of sp³-hybridized carbons (Fsp3) is 0.579. The second-order valence-electron chi connectivity index (χ2n) is 6.84. The normalized spacial score (nSPS) is 16.7. The van der Waals surface area contributed by atoms with Gasteiger partial charge in [-0.3, -0.25) is 13.9 Å². The van der Waals surface area contributed by atoms with Crippen molar-refractivity contribution < 1.29 is 4.79 Å². The molecule has 5 heteroatoms. The van der Waals surface area contributed by atoms with E-state index < -0.39 is 0 Å². The molecule has 1 fully saturated rings. The van der Waals surface area contributed by atoms with Crippen LogP contribution in [-0.2, 0) is 18.4 Å². The van der Waals surface area contributed by atoms with Crippen molar-refractivity contribution in [1.82, 2.24) is 14.5 Å². The van der Waals surface area contributed by atoms with Gasteiger partial charge < -0.3 is 5.32 Å². The molecule has 1 aromatic carbocycles. The van der Waals surface area contributed by atoms with Gasteiger partial charge in [-0.25, -0.2) is 4.79 Å². The van der Waals surface area contributed by atoms with Crippen LogP contribution in [0.1, 0.15) is 51.4 Å². The minimum absolute atomic E-state index is 0.0559. The van der Waals surface area contributed by atoms with Crippen molar-refractivity contribution in [3.63, 3.8) is 0 Å². The Morgan fingerprint density at radius 1 is 1.08 bits per heavy atom. The van der Waals surface area contributed by atoms with Crippen LogP contribution in [0.25, 0.3) is 11.0 Å². The van der Waals surface area contributed by atoms with E-state index in [1.54, 1.807) is 16.2 Å². The number of para-hydroxylation sites is 2. The molecule has 3 rings (SSSR count). The van der Waals surface area contributed by atoms with Crippen LogP contribution in [0.2, 0.25) is 0 Å². The molecular weight excluding hydrogens is 302 g/mol. The smallest absolute Gasteiger partial charge is 0.328 e. The third-order valence-electron chi connectivity index (χ3n) is 5.08. The van der Waals surface area contributed by atoms with E-state index in [2.05, 4.69) is 5.32 Å². The SMILES string of the molecule is Cn1c(=O)n(CCC(=O)NC2CCCCCCC2)c2ccccc21. The highest BCUT2D eigenvalue weighted by atomic mass is 16.2. The number of carbonyl (C=O) groups is 1. The van der Waals surface area contributed by atoms with E-state index in [1.165, 1.54) is 32.1 Å². The fourth-order valence-corrected chi connectivity index (χ4v) is 3.69. The maximum absolute atomic E-state index is 12.4. The second kappa shape index (κ2) is 7.69. The van der Waals surface area contributed by atoms with Gasteiger partial charge >= 0.3 is 5.69 Å². The van der Waals surface area contributed by atoms with Gasteiger partial charge in [-0.2, -0.15) is 0 Å². The van der Waals surface area contributed by atoms with Crippen molar-refractivity contribution in [2.45, 2.75) is 64.0 Å². The Morgan fingerprint density at radius 2 is 1.71 bits per heavy atom. The van der Waals surface area contributed by atoms with Crippen molar-refractivity contribution in [3.8, 4) is 0 Å². The maximum Gasteiger partial charge on any atom is 0.328 e. The number of carbonyl (C=O) groups excluding carboxylic acids is 1. The molecule has 0 unspecified atom stereocenters. The zero-order valence-corrected chi connectivity index (χ0v) is 14.5. The van der Waals surface area contributed by atoms with Crippen LogP contribution in [0.5, 0.6) is 0 Å². The van der Waals surface area contributed by atoms with Crippen molar-refractivity contribution in [1.29, 1.82) is 0 Å². The molecule has 24 heavy (non-hydrogen) atoms. The summed E-state index contributed by atoms with van der Waals surface area (Å²) in [6, 6.07) is 8.02. The second-order valence-corrected chi connectivity index (χ2v) is 6.84. The molecule has 130 valence electrons. The topological polar surface area (TPSA) is 56.0 Å². The monoisotopic (exact) mass is 329 g/mol.